The molecule has 1 heterocycles. The highest BCUT2D eigenvalue weighted by atomic mass is 16.5. The number of hydrogen-bond acceptors (Lipinski definition) is 4. The van der Waals surface area contributed by atoms with Gasteiger partial charge in [0.1, 0.15) is 0 Å². The van der Waals surface area contributed by atoms with Crippen LogP contribution in [0.2, 0.25) is 0 Å². The van der Waals surface area contributed by atoms with Crippen LogP contribution in [0.4, 0.5) is 5.69 Å². The van der Waals surface area contributed by atoms with Gasteiger partial charge in [-0.1, -0.05) is 0 Å². The van der Waals surface area contributed by atoms with E-state index in [9.17, 15) is 0 Å². The second-order valence-corrected chi connectivity index (χ2v) is 4.22. The first-order valence-corrected chi connectivity index (χ1v) is 5.62. The van der Waals surface area contributed by atoms with Gasteiger partial charge in [0.25, 0.3) is 0 Å². The molecule has 0 aliphatic rings. The number of aromatic nitrogens is 2. The van der Waals surface area contributed by atoms with Gasteiger partial charge in [-0.25, -0.2) is 0 Å². The van der Waals surface area contributed by atoms with Gasteiger partial charge in [0, 0.05) is 12.1 Å². The van der Waals surface area contributed by atoms with Crippen molar-refractivity contribution in [1.82, 2.24) is 9.78 Å². The normalized spacial score (nSPS) is 10.3. The Hall–Kier alpha value is -2.48. The summed E-state index contributed by atoms with van der Waals surface area (Å²) in [4.78, 5) is 0. The molecule has 0 amide bonds. The van der Waals surface area contributed by atoms with E-state index in [0.717, 1.165) is 0 Å². The lowest BCUT2D eigenvalue weighted by Crippen LogP contribution is -1.99. The molecule has 5 nitrogen and oxygen atoms in total. The van der Waals surface area contributed by atoms with Crippen LogP contribution in [0.3, 0.4) is 0 Å². The monoisotopic (exact) mass is 242 g/mol. The molecule has 2 N–H and O–H groups in total. The van der Waals surface area contributed by atoms with E-state index in [1.165, 1.54) is 0 Å². The highest BCUT2D eigenvalue weighted by Gasteiger charge is 2.07. The maximum atomic E-state index is 8.83. The van der Waals surface area contributed by atoms with E-state index in [2.05, 4.69) is 5.10 Å². The Morgan fingerprint density at radius 3 is 2.83 bits per heavy atom. The predicted octanol–water partition coefficient (Wildman–Crippen LogP) is 2.71. The predicted molar refractivity (Wildman–Crippen MR) is 68.3 cm³/mol. The van der Waals surface area contributed by atoms with Crippen LogP contribution < -0.4 is 10.5 Å². The fourth-order valence-corrected chi connectivity index (χ4v) is 1.47. The summed E-state index contributed by atoms with van der Waals surface area (Å²) in [7, 11) is 0. The molecule has 0 radical (unpaired) electrons. The molecular formula is C13H14N4O. The van der Waals surface area contributed by atoms with Gasteiger partial charge in [-0.05, 0) is 26.0 Å². The minimum atomic E-state index is 0.269. The lowest BCUT2D eigenvalue weighted by atomic mass is 10.2. The summed E-state index contributed by atoms with van der Waals surface area (Å²) in [6, 6.07) is 7.24. The van der Waals surface area contributed by atoms with Crippen LogP contribution in [0.15, 0.2) is 30.6 Å². The van der Waals surface area contributed by atoms with E-state index >= 15 is 0 Å². The molecule has 2 rings (SSSR count). The van der Waals surface area contributed by atoms with Crippen LogP contribution in [0.1, 0.15) is 25.5 Å². The molecule has 92 valence electrons. The number of anilines is 1. The van der Waals surface area contributed by atoms with Crippen molar-refractivity contribution in [3.05, 3.63) is 36.2 Å². The number of ether oxygens (including phenoxy) is 1. The highest BCUT2D eigenvalue weighted by molar-refractivity contribution is 5.57. The first-order chi connectivity index (χ1) is 8.60. The molecule has 0 unspecified atom stereocenters. The van der Waals surface area contributed by atoms with Crippen LogP contribution in [0.25, 0.3) is 0 Å². The lowest BCUT2D eigenvalue weighted by Gasteiger charge is -2.06. The van der Waals surface area contributed by atoms with E-state index in [-0.39, 0.29) is 6.04 Å². The maximum Gasteiger partial charge on any atom is 0.165 e. The molecule has 18 heavy (non-hydrogen) atoms. The molecule has 1 aromatic carbocycles. The third-order valence-corrected chi connectivity index (χ3v) is 2.48. The molecule has 0 saturated carbocycles. The van der Waals surface area contributed by atoms with Crippen LogP contribution in [-0.4, -0.2) is 9.78 Å². The summed E-state index contributed by atoms with van der Waals surface area (Å²) in [6.07, 6.45) is 3.42. The molecule has 0 saturated heterocycles. The number of nitrogens with zero attached hydrogens (tertiary/aromatic N) is 3. The lowest BCUT2D eigenvalue weighted by molar-refractivity contribution is 0.479. The van der Waals surface area contributed by atoms with Crippen LogP contribution in [-0.2, 0) is 0 Å². The van der Waals surface area contributed by atoms with Gasteiger partial charge in [-0.3, -0.25) is 4.68 Å². The van der Waals surface area contributed by atoms with Crippen LogP contribution in [0.5, 0.6) is 11.5 Å². The summed E-state index contributed by atoms with van der Waals surface area (Å²) in [6.45, 7) is 4.06. The molecule has 1 aromatic heterocycles. The van der Waals surface area contributed by atoms with Gasteiger partial charge in [0.2, 0.25) is 0 Å². The van der Waals surface area contributed by atoms with E-state index in [4.69, 9.17) is 15.7 Å². The van der Waals surface area contributed by atoms with Crippen molar-refractivity contribution in [3.63, 3.8) is 0 Å². The fraction of sp³-hybridized carbons (Fsp3) is 0.231. The van der Waals surface area contributed by atoms with Gasteiger partial charge < -0.3 is 10.5 Å². The van der Waals surface area contributed by atoms with Crippen molar-refractivity contribution in [1.29, 1.82) is 5.26 Å². The van der Waals surface area contributed by atoms with Crippen molar-refractivity contribution in [2.24, 2.45) is 0 Å². The number of benzene rings is 1. The molecule has 0 bridgehead atoms. The number of nitrogens with two attached hydrogens (primary N) is 1. The Bertz CT molecular complexity index is 595. The Labute approximate surface area is 105 Å². The van der Waals surface area contributed by atoms with E-state index in [1.54, 1.807) is 35.3 Å². The van der Waals surface area contributed by atoms with Crippen molar-refractivity contribution < 1.29 is 4.74 Å². The zero-order chi connectivity index (χ0) is 13.1. The fourth-order valence-electron chi connectivity index (χ4n) is 1.47. The van der Waals surface area contributed by atoms with Gasteiger partial charge in [0.05, 0.1) is 29.7 Å². The average Bonchev–Trinajstić information content (AvgIpc) is 2.81. The molecule has 0 spiro atoms. The van der Waals surface area contributed by atoms with Crippen LogP contribution in [0, 0.1) is 11.3 Å². The topological polar surface area (TPSA) is 76.9 Å². The SMILES string of the molecule is CC(C)n1cc(Oc2cc(C#N)ccc2N)cn1. The largest absolute Gasteiger partial charge is 0.452 e. The standard InChI is InChI=1S/C13H14N4O/c1-9(2)17-8-11(7-16-17)18-13-5-10(6-14)3-4-12(13)15/h3-5,7-9H,15H2,1-2H3. The Kier molecular flexibility index (Phi) is 3.20. The van der Waals surface area contributed by atoms with E-state index < -0.39 is 0 Å². The Morgan fingerprint density at radius 1 is 1.44 bits per heavy atom. The quantitative estimate of drug-likeness (QED) is 0.839. The average molecular weight is 242 g/mol. The van der Waals surface area contributed by atoms with Gasteiger partial charge in [-0.2, -0.15) is 10.4 Å². The summed E-state index contributed by atoms with van der Waals surface area (Å²) in [5, 5.41) is 13.0. The summed E-state index contributed by atoms with van der Waals surface area (Å²) in [5.41, 5.74) is 6.80. The van der Waals surface area contributed by atoms with Crippen molar-refractivity contribution in [2.45, 2.75) is 19.9 Å². The van der Waals surface area contributed by atoms with E-state index in [1.807, 2.05) is 19.9 Å². The Balaban J connectivity index is 2.25. The van der Waals surface area contributed by atoms with Gasteiger partial charge in [-0.15, -0.1) is 0 Å². The van der Waals surface area contributed by atoms with Crippen LogP contribution >= 0.6 is 0 Å². The highest BCUT2D eigenvalue weighted by Crippen LogP contribution is 2.28. The van der Waals surface area contributed by atoms with Crippen molar-refractivity contribution in [3.8, 4) is 17.6 Å². The van der Waals surface area contributed by atoms with Crippen molar-refractivity contribution in [2.75, 3.05) is 5.73 Å². The third kappa shape index (κ3) is 2.43. The smallest absolute Gasteiger partial charge is 0.165 e. The summed E-state index contributed by atoms with van der Waals surface area (Å²) < 4.78 is 7.41. The first kappa shape index (κ1) is 12.0. The first-order valence-electron chi connectivity index (χ1n) is 5.62. The molecule has 0 fully saturated rings. The third-order valence-electron chi connectivity index (χ3n) is 2.48. The zero-order valence-electron chi connectivity index (χ0n) is 10.3. The second-order valence-electron chi connectivity index (χ2n) is 4.22. The number of rotatable bonds is 3. The molecular weight excluding hydrogens is 228 g/mol. The second kappa shape index (κ2) is 4.80. The summed E-state index contributed by atoms with van der Waals surface area (Å²) >= 11 is 0. The van der Waals surface area contributed by atoms with Gasteiger partial charge in [0.15, 0.2) is 11.5 Å². The van der Waals surface area contributed by atoms with E-state index in [0.29, 0.717) is 22.7 Å². The van der Waals surface area contributed by atoms with Gasteiger partial charge >= 0.3 is 0 Å². The maximum absolute atomic E-state index is 8.83. The molecule has 0 atom stereocenters. The zero-order valence-corrected chi connectivity index (χ0v) is 10.3. The molecule has 2 aromatic rings. The number of nitrogen functional groups attached to an aromatic ring is 1. The van der Waals surface area contributed by atoms with Crippen molar-refractivity contribution >= 4 is 5.69 Å². The molecule has 0 aliphatic carbocycles. The molecule has 5 heteroatoms. The number of nitriles is 1. The summed E-state index contributed by atoms with van der Waals surface area (Å²) in [5.74, 6) is 1.07. The minimum Gasteiger partial charge on any atom is -0.452 e. The number of hydrogen-bond donors (Lipinski definition) is 1. The molecule has 0 aliphatic heterocycles. The minimum absolute atomic E-state index is 0.269. The Morgan fingerprint density at radius 2 is 2.22 bits per heavy atom.